The highest BCUT2D eigenvalue weighted by Crippen LogP contribution is 2.38. The van der Waals surface area contributed by atoms with Gasteiger partial charge in [0.15, 0.2) is 5.78 Å². The van der Waals surface area contributed by atoms with E-state index in [2.05, 4.69) is 15.1 Å². The Morgan fingerprint density at radius 2 is 1.49 bits per heavy atom. The van der Waals surface area contributed by atoms with Gasteiger partial charge in [0, 0.05) is 47.3 Å². The monoisotopic (exact) mass is 563 g/mol. The summed E-state index contributed by atoms with van der Waals surface area (Å²) in [5.41, 5.74) is 10.3. The van der Waals surface area contributed by atoms with Crippen LogP contribution in [-0.2, 0) is 0 Å². The van der Waals surface area contributed by atoms with Crippen molar-refractivity contribution >= 4 is 41.7 Å². The molecule has 1 aliphatic carbocycles. The van der Waals surface area contributed by atoms with Crippen LogP contribution in [0.25, 0.3) is 11.1 Å². The normalized spacial score (nSPS) is 17.5. The van der Waals surface area contributed by atoms with Crippen molar-refractivity contribution in [2.75, 3.05) is 47.8 Å². The summed E-state index contributed by atoms with van der Waals surface area (Å²) >= 11 is 0. The van der Waals surface area contributed by atoms with Gasteiger partial charge < -0.3 is 38.6 Å². The van der Waals surface area contributed by atoms with E-state index in [4.69, 9.17) is 20.7 Å². The molecule has 1 atom stereocenters. The van der Waals surface area contributed by atoms with Crippen LogP contribution in [0.1, 0.15) is 52.3 Å². The summed E-state index contributed by atoms with van der Waals surface area (Å²) < 4.78 is 0. The van der Waals surface area contributed by atoms with Crippen LogP contribution in [-0.4, -0.2) is 58.9 Å². The molecule has 2 saturated heterocycles. The number of piperidine rings is 2. The quantitative estimate of drug-likeness (QED) is 0.264. The first-order chi connectivity index (χ1) is 17.2. The third-order valence-corrected chi connectivity index (χ3v) is 7.37. The van der Waals surface area contributed by atoms with Crippen molar-refractivity contribution in [2.45, 2.75) is 32.1 Å². The molecule has 218 valence electrons. The Labute approximate surface area is 239 Å². The van der Waals surface area contributed by atoms with Crippen molar-refractivity contribution in [3.05, 3.63) is 53.6 Å². The van der Waals surface area contributed by atoms with Crippen LogP contribution < -0.4 is 33.2 Å². The number of rotatable bonds is 5. The largest absolute Gasteiger partial charge is 0.412 e. The molecule has 0 amide bonds. The van der Waals surface area contributed by atoms with Crippen LogP contribution in [0.3, 0.4) is 0 Å². The highest BCUT2D eigenvalue weighted by molar-refractivity contribution is 6.22. The summed E-state index contributed by atoms with van der Waals surface area (Å²) in [7, 11) is 0. The Hall–Kier alpha value is -3.35. The Morgan fingerprint density at radius 1 is 0.846 bits per heavy atom. The van der Waals surface area contributed by atoms with E-state index in [0.29, 0.717) is 24.4 Å². The maximum Gasteiger partial charge on any atom is 0.233 e. The van der Waals surface area contributed by atoms with E-state index >= 15 is 0 Å². The number of aromatic nitrogens is 3. The minimum absolute atomic E-state index is 0. The summed E-state index contributed by atoms with van der Waals surface area (Å²) in [4.78, 5) is 31.8. The standard InChI is InChI=1S/C27H31N7O.ClH.2H3N.H2O.3H2/c28-16-18-7-6-14-34(17-18)27-31-25(30-26(32-27)33-12-4-1-5-13-33)29-19-10-11-22-23(15-19)20-8-2-3-9-21(20)24(22)35;;;;;;;/h2-3,8-11,15,18H,1,4-7,12-14,16-17,28H2,(H,29,30,31,32);1H;2*1H3;1H2;3*1H/t18-;;;;;;;/m1......./s1. The lowest BCUT2D eigenvalue weighted by Crippen LogP contribution is -2.40. The molecule has 11 nitrogen and oxygen atoms in total. The van der Waals surface area contributed by atoms with Gasteiger partial charge in [0.2, 0.25) is 17.8 Å². The van der Waals surface area contributed by atoms with E-state index in [0.717, 1.165) is 85.8 Å². The fraction of sp³-hybridized carbons (Fsp3) is 0.407. The molecule has 12 heteroatoms. The fourth-order valence-corrected chi connectivity index (χ4v) is 5.46. The molecule has 2 fully saturated rings. The van der Waals surface area contributed by atoms with Gasteiger partial charge in [0.25, 0.3) is 0 Å². The van der Waals surface area contributed by atoms with Gasteiger partial charge in [-0.3, -0.25) is 4.79 Å². The zero-order valence-corrected chi connectivity index (χ0v) is 23.1. The van der Waals surface area contributed by atoms with Crippen molar-refractivity contribution in [3.8, 4) is 11.1 Å². The second-order valence-corrected chi connectivity index (χ2v) is 9.76. The molecule has 1 aromatic heterocycles. The first-order valence-electron chi connectivity index (χ1n) is 12.7. The van der Waals surface area contributed by atoms with Crippen LogP contribution in [0.4, 0.5) is 23.5 Å². The number of nitrogens with two attached hydrogens (primary N) is 1. The molecular formula is C27H46ClN9O2. The highest BCUT2D eigenvalue weighted by Gasteiger charge is 2.27. The Kier molecular flexibility index (Phi) is 11.1. The maximum absolute atomic E-state index is 12.8. The third-order valence-electron chi connectivity index (χ3n) is 7.37. The molecular weight excluding hydrogens is 518 g/mol. The number of carbonyl (C=O) groups is 1. The minimum Gasteiger partial charge on any atom is -0.412 e. The molecule has 0 bridgehead atoms. The first kappa shape index (κ1) is 31.9. The topological polar surface area (TPSA) is 202 Å². The lowest BCUT2D eigenvalue weighted by molar-refractivity contribution is 0.104. The molecule has 3 aromatic rings. The van der Waals surface area contributed by atoms with Crippen LogP contribution in [0.15, 0.2) is 42.5 Å². The van der Waals surface area contributed by atoms with Gasteiger partial charge in [-0.1, -0.05) is 24.3 Å². The number of fused-ring (bicyclic) bond motifs is 3. The average molecular weight is 564 g/mol. The Morgan fingerprint density at radius 3 is 2.21 bits per heavy atom. The van der Waals surface area contributed by atoms with Crippen molar-refractivity contribution < 1.29 is 14.6 Å². The fourth-order valence-electron chi connectivity index (χ4n) is 5.46. The second-order valence-electron chi connectivity index (χ2n) is 9.76. The van der Waals surface area contributed by atoms with Gasteiger partial charge in [-0.2, -0.15) is 15.0 Å². The Balaban J connectivity index is 0. The highest BCUT2D eigenvalue weighted by atomic mass is 35.5. The van der Waals surface area contributed by atoms with E-state index in [1.54, 1.807) is 0 Å². The summed E-state index contributed by atoms with van der Waals surface area (Å²) in [6.07, 6.45) is 5.80. The van der Waals surface area contributed by atoms with Crippen molar-refractivity contribution in [1.82, 2.24) is 27.3 Å². The molecule has 0 spiro atoms. The number of ketones is 1. The number of nitrogens with one attached hydrogen (secondary N) is 1. The predicted octanol–water partition coefficient (Wildman–Crippen LogP) is 4.65. The molecule has 39 heavy (non-hydrogen) atoms. The van der Waals surface area contributed by atoms with Crippen molar-refractivity contribution in [1.29, 1.82) is 0 Å². The van der Waals surface area contributed by atoms with Gasteiger partial charge in [-0.15, -0.1) is 12.4 Å². The molecule has 3 heterocycles. The van der Waals surface area contributed by atoms with Crippen LogP contribution in [0.2, 0.25) is 0 Å². The number of anilines is 4. The van der Waals surface area contributed by atoms with Crippen molar-refractivity contribution in [3.63, 3.8) is 0 Å². The lowest BCUT2D eigenvalue weighted by atomic mass is 9.99. The summed E-state index contributed by atoms with van der Waals surface area (Å²) in [6.45, 7) is 4.41. The summed E-state index contributed by atoms with van der Waals surface area (Å²) in [5, 5.41) is 3.41. The molecule has 3 aliphatic rings. The average Bonchev–Trinajstić information content (AvgIpc) is 3.20. The lowest BCUT2D eigenvalue weighted by Gasteiger charge is -2.33. The molecule has 0 radical (unpaired) electrons. The maximum atomic E-state index is 12.8. The van der Waals surface area contributed by atoms with E-state index < -0.39 is 0 Å². The van der Waals surface area contributed by atoms with E-state index in [-0.39, 0.29) is 40.2 Å². The van der Waals surface area contributed by atoms with Gasteiger partial charge >= 0.3 is 0 Å². The van der Waals surface area contributed by atoms with Crippen molar-refractivity contribution in [2.24, 2.45) is 11.7 Å². The van der Waals surface area contributed by atoms with E-state index in [1.165, 1.54) is 6.42 Å². The number of carbonyl (C=O) groups excluding carboxylic acids is 1. The van der Waals surface area contributed by atoms with Crippen LogP contribution in [0.5, 0.6) is 0 Å². The Bertz CT molecular complexity index is 1290. The smallest absolute Gasteiger partial charge is 0.233 e. The van der Waals surface area contributed by atoms with Crippen LogP contribution in [0, 0.1) is 5.92 Å². The molecule has 2 aromatic carbocycles. The number of nitrogens with zero attached hydrogens (tertiary/aromatic N) is 5. The number of benzene rings is 2. The summed E-state index contributed by atoms with van der Waals surface area (Å²) in [6, 6.07) is 13.6. The summed E-state index contributed by atoms with van der Waals surface area (Å²) in [5.74, 6) is 2.51. The van der Waals surface area contributed by atoms with Gasteiger partial charge in [-0.25, -0.2) is 0 Å². The first-order valence-corrected chi connectivity index (χ1v) is 12.7. The molecule has 6 rings (SSSR count). The zero-order chi connectivity index (χ0) is 23.8. The molecule has 0 unspecified atom stereocenters. The minimum atomic E-state index is 0. The van der Waals surface area contributed by atoms with E-state index in [1.807, 2.05) is 42.5 Å². The molecule has 2 aliphatic heterocycles. The number of halogens is 1. The van der Waals surface area contributed by atoms with Crippen LogP contribution >= 0.6 is 12.4 Å². The number of hydrogen-bond acceptors (Lipinski definition) is 10. The SMILES string of the molecule is Cl.N.N.NC[C@H]1CCCN(c2nc(Nc3ccc4c(c3)-c3ccccc3C4=O)nc(N3CCCCC3)n2)C1.O.[HH].[HH].[HH]. The zero-order valence-electron chi connectivity index (χ0n) is 22.2. The van der Waals surface area contributed by atoms with Gasteiger partial charge in [0.05, 0.1) is 0 Å². The third kappa shape index (κ3) is 6.29. The van der Waals surface area contributed by atoms with Gasteiger partial charge in [-0.05, 0) is 73.9 Å². The number of hydrogen-bond donors (Lipinski definition) is 4. The predicted molar refractivity (Wildman–Crippen MR) is 166 cm³/mol. The molecule has 0 saturated carbocycles. The van der Waals surface area contributed by atoms with E-state index in [9.17, 15) is 4.79 Å². The molecule has 11 N–H and O–H groups in total. The second kappa shape index (κ2) is 13.6. The van der Waals surface area contributed by atoms with Gasteiger partial charge in [0.1, 0.15) is 0 Å².